The number of halogens is 1. The Kier molecular flexibility index (Phi) is 2.39. The predicted octanol–water partition coefficient (Wildman–Crippen LogP) is 2.21. The van der Waals surface area contributed by atoms with E-state index in [-0.39, 0.29) is 0 Å². The maximum absolute atomic E-state index is 5.73. The molecule has 0 fully saturated rings. The molecule has 0 bridgehead atoms. The van der Waals surface area contributed by atoms with Crippen molar-refractivity contribution in [3.8, 4) is 0 Å². The fourth-order valence-electron chi connectivity index (χ4n) is 0.815. The van der Waals surface area contributed by atoms with Crippen LogP contribution in [0.4, 0.5) is 0 Å². The lowest BCUT2D eigenvalue weighted by molar-refractivity contribution is 0.843. The number of rotatable bonds is 1. The maximum atomic E-state index is 5.73. The first-order valence-corrected chi connectivity index (χ1v) is 3.68. The molecule has 1 nitrogen and oxygen atoms in total. The topological polar surface area (TPSA) is 12.0 Å². The highest BCUT2D eigenvalue weighted by molar-refractivity contribution is 6.30. The van der Waals surface area contributed by atoms with E-state index in [1.165, 1.54) is 11.6 Å². The van der Waals surface area contributed by atoms with Gasteiger partial charge in [0.1, 0.15) is 0 Å². The van der Waals surface area contributed by atoms with Crippen molar-refractivity contribution in [1.29, 1.82) is 0 Å². The van der Waals surface area contributed by atoms with Gasteiger partial charge in [0.15, 0.2) is 0 Å². The van der Waals surface area contributed by atoms with Crippen molar-refractivity contribution in [2.75, 3.05) is 6.54 Å². The number of nitrogens with one attached hydrogen (secondary N) is 1. The van der Waals surface area contributed by atoms with E-state index in [1.54, 1.807) is 0 Å². The standard InChI is InChI=1S/C8H11ClN/c1-6(2)8-4-3-7(9)5-10-8/h3-4,10H,5H2,1-2H3. The highest BCUT2D eigenvalue weighted by Crippen LogP contribution is 2.14. The number of dihydropyridines is 1. The van der Waals surface area contributed by atoms with Crippen molar-refractivity contribution < 1.29 is 0 Å². The van der Waals surface area contributed by atoms with Crippen LogP contribution < -0.4 is 5.32 Å². The zero-order chi connectivity index (χ0) is 7.56. The summed E-state index contributed by atoms with van der Waals surface area (Å²) in [4.78, 5) is 0. The van der Waals surface area contributed by atoms with Gasteiger partial charge in [-0.3, -0.25) is 0 Å². The molecule has 10 heavy (non-hydrogen) atoms. The van der Waals surface area contributed by atoms with Gasteiger partial charge in [-0.05, 0) is 12.2 Å². The van der Waals surface area contributed by atoms with Crippen LogP contribution in [-0.2, 0) is 0 Å². The first-order chi connectivity index (χ1) is 4.70. The van der Waals surface area contributed by atoms with Crippen molar-refractivity contribution in [2.45, 2.75) is 13.8 Å². The average Bonchev–Trinajstić information content (AvgIpc) is 1.88. The normalized spacial score (nSPS) is 18.0. The monoisotopic (exact) mass is 156 g/mol. The molecule has 1 aliphatic rings. The van der Waals surface area contributed by atoms with Gasteiger partial charge >= 0.3 is 0 Å². The van der Waals surface area contributed by atoms with Gasteiger partial charge in [-0.25, -0.2) is 0 Å². The lowest BCUT2D eigenvalue weighted by atomic mass is 10.1. The van der Waals surface area contributed by atoms with Crippen LogP contribution in [0, 0.1) is 5.92 Å². The van der Waals surface area contributed by atoms with Gasteiger partial charge < -0.3 is 5.32 Å². The molecule has 1 heterocycles. The van der Waals surface area contributed by atoms with Gasteiger partial charge in [-0.15, -0.1) is 0 Å². The lowest BCUT2D eigenvalue weighted by Crippen LogP contribution is -2.20. The second-order valence-corrected chi connectivity index (χ2v) is 3.03. The lowest BCUT2D eigenvalue weighted by Gasteiger charge is -2.16. The zero-order valence-corrected chi connectivity index (χ0v) is 7.00. The van der Waals surface area contributed by atoms with Gasteiger partial charge in [0.25, 0.3) is 0 Å². The Hall–Kier alpha value is -0.430. The van der Waals surface area contributed by atoms with E-state index in [1.807, 2.05) is 12.2 Å². The Balaban J connectivity index is 2.64. The molecule has 55 valence electrons. The minimum atomic E-state index is 0.762. The molecule has 1 aliphatic heterocycles. The van der Waals surface area contributed by atoms with Crippen LogP contribution in [0.3, 0.4) is 0 Å². The third-order valence-corrected chi connectivity index (χ3v) is 1.68. The molecule has 1 radical (unpaired) electrons. The van der Waals surface area contributed by atoms with Crippen LogP contribution in [0.15, 0.2) is 22.9 Å². The Morgan fingerprint density at radius 2 is 2.20 bits per heavy atom. The molecule has 0 unspecified atom stereocenters. The van der Waals surface area contributed by atoms with Gasteiger partial charge in [0.05, 0.1) is 6.54 Å². The summed E-state index contributed by atoms with van der Waals surface area (Å²) >= 11 is 5.73. The summed E-state index contributed by atoms with van der Waals surface area (Å²) in [6.45, 7) is 4.91. The third-order valence-electron chi connectivity index (χ3n) is 1.42. The summed E-state index contributed by atoms with van der Waals surface area (Å²) in [5, 5.41) is 4.06. The molecule has 0 atom stereocenters. The molecule has 1 rings (SSSR count). The largest absolute Gasteiger partial charge is 0.383 e. The number of hydrogen-bond donors (Lipinski definition) is 1. The van der Waals surface area contributed by atoms with Crippen molar-refractivity contribution in [3.63, 3.8) is 0 Å². The van der Waals surface area contributed by atoms with Crippen LogP contribution in [0.25, 0.3) is 0 Å². The first-order valence-electron chi connectivity index (χ1n) is 3.31. The Labute approximate surface area is 66.8 Å². The molecule has 0 spiro atoms. The minimum absolute atomic E-state index is 0.762. The number of allylic oxidation sites excluding steroid dienone is 3. The van der Waals surface area contributed by atoms with Crippen molar-refractivity contribution in [2.24, 2.45) is 0 Å². The van der Waals surface area contributed by atoms with Gasteiger partial charge in [0, 0.05) is 16.6 Å². The highest BCUT2D eigenvalue weighted by atomic mass is 35.5. The highest BCUT2D eigenvalue weighted by Gasteiger charge is 2.05. The van der Waals surface area contributed by atoms with Gasteiger partial charge in [-0.1, -0.05) is 25.4 Å². The van der Waals surface area contributed by atoms with E-state index in [2.05, 4.69) is 19.2 Å². The van der Waals surface area contributed by atoms with E-state index >= 15 is 0 Å². The van der Waals surface area contributed by atoms with Crippen molar-refractivity contribution in [3.05, 3.63) is 28.8 Å². The van der Waals surface area contributed by atoms with Crippen LogP contribution in [0.1, 0.15) is 13.8 Å². The van der Waals surface area contributed by atoms with E-state index in [9.17, 15) is 0 Å². The van der Waals surface area contributed by atoms with Crippen molar-refractivity contribution >= 4 is 11.6 Å². The summed E-state index contributed by atoms with van der Waals surface area (Å²) in [5.74, 6) is 1.29. The molecular formula is C8H11ClN. The average molecular weight is 157 g/mol. The molecule has 0 aromatic carbocycles. The number of hydrogen-bond acceptors (Lipinski definition) is 1. The summed E-state index contributed by atoms with van der Waals surface area (Å²) in [6.07, 6.45) is 3.93. The maximum Gasteiger partial charge on any atom is 0.0505 e. The summed E-state index contributed by atoms with van der Waals surface area (Å²) in [7, 11) is 0. The fraction of sp³-hybridized carbons (Fsp3) is 0.375. The molecular weight excluding hydrogens is 146 g/mol. The van der Waals surface area contributed by atoms with Crippen molar-refractivity contribution in [1.82, 2.24) is 5.32 Å². The second kappa shape index (κ2) is 3.11. The summed E-state index contributed by atoms with van der Waals surface area (Å²) < 4.78 is 0. The first kappa shape index (κ1) is 7.67. The van der Waals surface area contributed by atoms with Gasteiger partial charge in [0.2, 0.25) is 0 Å². The molecule has 0 aliphatic carbocycles. The molecule has 0 aromatic heterocycles. The van der Waals surface area contributed by atoms with E-state index in [4.69, 9.17) is 11.6 Å². The van der Waals surface area contributed by atoms with Crippen LogP contribution in [-0.4, -0.2) is 6.54 Å². The van der Waals surface area contributed by atoms with Crippen LogP contribution in [0.2, 0.25) is 0 Å². The smallest absolute Gasteiger partial charge is 0.0505 e. The van der Waals surface area contributed by atoms with E-state index in [0.717, 1.165) is 11.6 Å². The summed E-state index contributed by atoms with van der Waals surface area (Å²) in [5.41, 5.74) is 1.18. The van der Waals surface area contributed by atoms with E-state index in [0.29, 0.717) is 0 Å². The van der Waals surface area contributed by atoms with Crippen LogP contribution >= 0.6 is 11.6 Å². The van der Waals surface area contributed by atoms with E-state index < -0.39 is 0 Å². The molecule has 2 heteroatoms. The second-order valence-electron chi connectivity index (χ2n) is 2.55. The fourth-order valence-corrected chi connectivity index (χ4v) is 0.945. The van der Waals surface area contributed by atoms with Gasteiger partial charge in [-0.2, -0.15) is 0 Å². The molecule has 0 aromatic rings. The predicted molar refractivity (Wildman–Crippen MR) is 44.6 cm³/mol. The quantitative estimate of drug-likeness (QED) is 0.614. The minimum Gasteiger partial charge on any atom is -0.383 e. The molecule has 1 N–H and O–H groups in total. The SMILES string of the molecule is C[C](C)C1=CC=C(Cl)CN1. The third kappa shape index (κ3) is 1.77. The molecule has 0 saturated carbocycles. The van der Waals surface area contributed by atoms with Crippen LogP contribution in [0.5, 0.6) is 0 Å². The zero-order valence-electron chi connectivity index (χ0n) is 6.24. The molecule has 0 amide bonds. The Bertz CT molecular complexity index is 180. The molecule has 0 saturated heterocycles. The Morgan fingerprint density at radius 1 is 1.50 bits per heavy atom. The summed E-state index contributed by atoms with van der Waals surface area (Å²) in [6, 6.07) is 0. The Morgan fingerprint density at radius 3 is 2.60 bits per heavy atom.